The van der Waals surface area contributed by atoms with Gasteiger partial charge in [-0.15, -0.1) is 0 Å². The van der Waals surface area contributed by atoms with Gasteiger partial charge in [0.25, 0.3) is 0 Å². The van der Waals surface area contributed by atoms with Gasteiger partial charge in [0.1, 0.15) is 0 Å². The number of likely N-dealkylation sites (tertiary alicyclic amines) is 1. The standard InChI is InChI=1S/C17H31NO/c19-16-8-4-2-1-3-7-15(16)18-13-11-17(12-14-18)9-5-6-10-17/h15-16,19H,1-14H2. The third kappa shape index (κ3) is 3.16. The first kappa shape index (κ1) is 13.9. The van der Waals surface area contributed by atoms with Crippen LogP contribution in [0.15, 0.2) is 0 Å². The average molecular weight is 265 g/mol. The van der Waals surface area contributed by atoms with Gasteiger partial charge in [-0.1, -0.05) is 38.5 Å². The molecule has 1 heterocycles. The van der Waals surface area contributed by atoms with Gasteiger partial charge in [-0.3, -0.25) is 4.90 Å². The number of aliphatic hydroxyl groups is 1. The summed E-state index contributed by atoms with van der Waals surface area (Å²) in [7, 11) is 0. The highest BCUT2D eigenvalue weighted by molar-refractivity contribution is 4.92. The molecule has 0 aromatic carbocycles. The molecule has 3 fully saturated rings. The predicted molar refractivity (Wildman–Crippen MR) is 79.2 cm³/mol. The molecule has 0 aromatic heterocycles. The third-order valence-electron chi connectivity index (χ3n) is 6.19. The highest BCUT2D eigenvalue weighted by Gasteiger charge is 2.39. The van der Waals surface area contributed by atoms with Crippen molar-refractivity contribution in [3.63, 3.8) is 0 Å². The van der Waals surface area contributed by atoms with E-state index in [0.29, 0.717) is 11.5 Å². The molecular weight excluding hydrogens is 234 g/mol. The van der Waals surface area contributed by atoms with Crippen LogP contribution in [0.5, 0.6) is 0 Å². The van der Waals surface area contributed by atoms with Crippen LogP contribution in [0, 0.1) is 5.41 Å². The molecule has 1 spiro atoms. The van der Waals surface area contributed by atoms with Crippen molar-refractivity contribution in [2.45, 2.75) is 89.2 Å². The van der Waals surface area contributed by atoms with Crippen LogP contribution in [0.1, 0.15) is 77.0 Å². The number of nitrogens with zero attached hydrogens (tertiary/aromatic N) is 1. The maximum Gasteiger partial charge on any atom is 0.0695 e. The van der Waals surface area contributed by atoms with E-state index in [1.807, 2.05) is 0 Å². The van der Waals surface area contributed by atoms with Crippen molar-refractivity contribution in [3.05, 3.63) is 0 Å². The fraction of sp³-hybridized carbons (Fsp3) is 1.00. The minimum Gasteiger partial charge on any atom is -0.391 e. The zero-order chi connectivity index (χ0) is 13.1. The second-order valence-corrected chi connectivity index (χ2v) is 7.37. The van der Waals surface area contributed by atoms with Crippen molar-refractivity contribution in [1.82, 2.24) is 4.90 Å². The van der Waals surface area contributed by atoms with Gasteiger partial charge in [0, 0.05) is 6.04 Å². The molecule has 110 valence electrons. The molecule has 2 saturated carbocycles. The molecule has 2 atom stereocenters. The predicted octanol–water partition coefficient (Wildman–Crippen LogP) is 3.73. The van der Waals surface area contributed by atoms with Crippen LogP contribution >= 0.6 is 0 Å². The molecule has 1 saturated heterocycles. The number of hydrogen-bond donors (Lipinski definition) is 1. The molecular formula is C17H31NO. The average Bonchev–Trinajstić information content (AvgIpc) is 2.85. The van der Waals surface area contributed by atoms with Gasteiger partial charge >= 0.3 is 0 Å². The highest BCUT2D eigenvalue weighted by Crippen LogP contribution is 2.46. The molecule has 0 bridgehead atoms. The summed E-state index contributed by atoms with van der Waals surface area (Å²) in [4.78, 5) is 2.64. The SMILES string of the molecule is OC1CCCCCCC1N1CCC2(CCCC2)CC1. The molecule has 1 N–H and O–H groups in total. The van der Waals surface area contributed by atoms with Gasteiger partial charge in [-0.25, -0.2) is 0 Å². The Hall–Kier alpha value is -0.0800. The van der Waals surface area contributed by atoms with E-state index in [4.69, 9.17) is 0 Å². The highest BCUT2D eigenvalue weighted by atomic mass is 16.3. The van der Waals surface area contributed by atoms with Crippen LogP contribution in [0.3, 0.4) is 0 Å². The van der Waals surface area contributed by atoms with Crippen molar-refractivity contribution in [1.29, 1.82) is 0 Å². The summed E-state index contributed by atoms with van der Waals surface area (Å²) in [5, 5.41) is 10.4. The molecule has 0 amide bonds. The van der Waals surface area contributed by atoms with Crippen LogP contribution in [-0.2, 0) is 0 Å². The molecule has 0 aromatic rings. The minimum atomic E-state index is -0.0575. The number of hydrogen-bond acceptors (Lipinski definition) is 2. The third-order valence-corrected chi connectivity index (χ3v) is 6.19. The molecule has 2 aliphatic carbocycles. The molecule has 2 nitrogen and oxygen atoms in total. The van der Waals surface area contributed by atoms with Crippen LogP contribution < -0.4 is 0 Å². The van der Waals surface area contributed by atoms with Gasteiger partial charge in [-0.05, 0) is 57.0 Å². The number of aliphatic hydroxyl groups excluding tert-OH is 1. The fourth-order valence-electron chi connectivity index (χ4n) is 4.83. The first-order valence-corrected chi connectivity index (χ1v) is 8.71. The normalized spacial score (nSPS) is 37.1. The maximum absolute atomic E-state index is 10.4. The van der Waals surface area contributed by atoms with Crippen LogP contribution in [0.4, 0.5) is 0 Å². The smallest absolute Gasteiger partial charge is 0.0695 e. The van der Waals surface area contributed by atoms with Crippen LogP contribution in [-0.4, -0.2) is 35.2 Å². The summed E-state index contributed by atoms with van der Waals surface area (Å²) >= 11 is 0. The Bertz CT molecular complexity index is 275. The Kier molecular flexibility index (Phi) is 4.48. The lowest BCUT2D eigenvalue weighted by molar-refractivity contribution is -0.00257. The topological polar surface area (TPSA) is 23.5 Å². The molecule has 3 rings (SSSR count). The largest absolute Gasteiger partial charge is 0.391 e. The van der Waals surface area contributed by atoms with Crippen LogP contribution in [0.2, 0.25) is 0 Å². The van der Waals surface area contributed by atoms with Crippen molar-refractivity contribution >= 4 is 0 Å². The van der Waals surface area contributed by atoms with Crippen molar-refractivity contribution in [2.75, 3.05) is 13.1 Å². The first-order chi connectivity index (χ1) is 9.29. The maximum atomic E-state index is 10.4. The van der Waals surface area contributed by atoms with Crippen molar-refractivity contribution in [2.24, 2.45) is 5.41 Å². The summed E-state index contributed by atoms with van der Waals surface area (Å²) < 4.78 is 0. The lowest BCUT2D eigenvalue weighted by Gasteiger charge is -2.44. The minimum absolute atomic E-state index is 0.0575. The molecule has 1 aliphatic heterocycles. The lowest BCUT2D eigenvalue weighted by Crippen LogP contribution is -2.49. The van der Waals surface area contributed by atoms with E-state index in [-0.39, 0.29) is 6.10 Å². The fourth-order valence-corrected chi connectivity index (χ4v) is 4.83. The van der Waals surface area contributed by atoms with E-state index in [1.54, 1.807) is 0 Å². The Morgan fingerprint density at radius 1 is 0.737 bits per heavy atom. The molecule has 0 radical (unpaired) electrons. The summed E-state index contributed by atoms with van der Waals surface area (Å²) in [5.41, 5.74) is 0.711. The molecule has 2 heteroatoms. The van der Waals surface area contributed by atoms with E-state index in [9.17, 15) is 5.11 Å². The Morgan fingerprint density at radius 3 is 2.05 bits per heavy atom. The van der Waals surface area contributed by atoms with Gasteiger partial charge in [0.2, 0.25) is 0 Å². The molecule has 2 unspecified atom stereocenters. The molecule has 3 aliphatic rings. The van der Waals surface area contributed by atoms with Gasteiger partial charge in [-0.2, -0.15) is 0 Å². The monoisotopic (exact) mass is 265 g/mol. The Morgan fingerprint density at radius 2 is 1.37 bits per heavy atom. The summed E-state index contributed by atoms with van der Waals surface area (Å²) in [5.74, 6) is 0. The van der Waals surface area contributed by atoms with Crippen molar-refractivity contribution < 1.29 is 5.11 Å². The van der Waals surface area contributed by atoms with E-state index in [2.05, 4.69) is 4.90 Å². The number of rotatable bonds is 1. The number of piperidine rings is 1. The molecule has 19 heavy (non-hydrogen) atoms. The van der Waals surface area contributed by atoms with E-state index < -0.39 is 0 Å². The zero-order valence-corrected chi connectivity index (χ0v) is 12.4. The Labute approximate surface area is 118 Å². The van der Waals surface area contributed by atoms with Crippen LogP contribution in [0.25, 0.3) is 0 Å². The van der Waals surface area contributed by atoms with Gasteiger partial charge < -0.3 is 5.11 Å². The van der Waals surface area contributed by atoms with E-state index >= 15 is 0 Å². The summed E-state index contributed by atoms with van der Waals surface area (Å²) in [6.45, 7) is 2.50. The summed E-state index contributed by atoms with van der Waals surface area (Å²) in [6.07, 6.45) is 16.2. The second-order valence-electron chi connectivity index (χ2n) is 7.37. The zero-order valence-electron chi connectivity index (χ0n) is 12.4. The quantitative estimate of drug-likeness (QED) is 0.781. The first-order valence-electron chi connectivity index (χ1n) is 8.71. The van der Waals surface area contributed by atoms with Crippen molar-refractivity contribution in [3.8, 4) is 0 Å². The Balaban J connectivity index is 1.56. The van der Waals surface area contributed by atoms with E-state index in [0.717, 1.165) is 6.42 Å². The lowest BCUT2D eigenvalue weighted by atomic mass is 9.76. The second kappa shape index (κ2) is 6.13. The van der Waals surface area contributed by atoms with E-state index in [1.165, 1.54) is 83.7 Å². The van der Waals surface area contributed by atoms with Gasteiger partial charge in [0.05, 0.1) is 6.10 Å². The van der Waals surface area contributed by atoms with Gasteiger partial charge in [0.15, 0.2) is 0 Å². The summed E-state index contributed by atoms with van der Waals surface area (Å²) in [6, 6.07) is 0.471.